The molecule has 0 amide bonds. The lowest BCUT2D eigenvalue weighted by molar-refractivity contribution is -0.139. The van der Waals surface area contributed by atoms with Gasteiger partial charge in [0, 0.05) is 18.7 Å². The van der Waals surface area contributed by atoms with Crippen molar-refractivity contribution in [2.45, 2.75) is 71.6 Å². The van der Waals surface area contributed by atoms with Gasteiger partial charge in [-0.25, -0.2) is 4.79 Å². The lowest BCUT2D eigenvalue weighted by Gasteiger charge is -2.07. The molecule has 0 aliphatic carbocycles. The number of carbonyl (C=O) groups excluding carboxylic acids is 2. The van der Waals surface area contributed by atoms with Crippen molar-refractivity contribution < 1.29 is 19.1 Å². The monoisotopic (exact) mass is 503 g/mol. The van der Waals surface area contributed by atoms with Crippen LogP contribution >= 0.6 is 0 Å². The predicted molar refractivity (Wildman–Crippen MR) is 152 cm³/mol. The van der Waals surface area contributed by atoms with E-state index in [9.17, 15) is 9.59 Å². The van der Waals surface area contributed by atoms with Crippen molar-refractivity contribution in [2.24, 2.45) is 10.9 Å². The summed E-state index contributed by atoms with van der Waals surface area (Å²) in [5.74, 6) is 0.390. The van der Waals surface area contributed by atoms with Crippen molar-refractivity contribution >= 4 is 29.9 Å². The molecule has 2 rings (SSSR count). The second-order valence-electron chi connectivity index (χ2n) is 9.32. The van der Waals surface area contributed by atoms with Crippen molar-refractivity contribution in [1.29, 1.82) is 0 Å². The molecule has 0 saturated heterocycles. The van der Waals surface area contributed by atoms with Crippen LogP contribution in [0.2, 0.25) is 0 Å². The molecule has 0 spiro atoms. The lowest BCUT2D eigenvalue weighted by atomic mass is 10.1. The number of ether oxygens (including phenoxy) is 2. The summed E-state index contributed by atoms with van der Waals surface area (Å²) in [6.45, 7) is 8.30. The highest BCUT2D eigenvalue weighted by Gasteiger charge is 2.05. The van der Waals surface area contributed by atoms with Crippen LogP contribution in [0.3, 0.4) is 0 Å². The average molecular weight is 504 g/mol. The Morgan fingerprint density at radius 1 is 0.919 bits per heavy atom. The van der Waals surface area contributed by atoms with Gasteiger partial charge in [0.15, 0.2) is 0 Å². The zero-order chi connectivity index (χ0) is 26.7. The van der Waals surface area contributed by atoms with Crippen molar-refractivity contribution in [2.75, 3.05) is 6.61 Å². The third-order valence-corrected chi connectivity index (χ3v) is 6.03. The molecule has 198 valence electrons. The van der Waals surface area contributed by atoms with E-state index in [-0.39, 0.29) is 11.9 Å². The molecule has 2 aromatic carbocycles. The van der Waals surface area contributed by atoms with Crippen LogP contribution in [0.1, 0.15) is 82.8 Å². The van der Waals surface area contributed by atoms with E-state index < -0.39 is 0 Å². The molecule has 0 bridgehead atoms. The second-order valence-corrected chi connectivity index (χ2v) is 9.32. The van der Waals surface area contributed by atoms with Gasteiger partial charge < -0.3 is 9.47 Å². The first kappa shape index (κ1) is 29.8. The minimum atomic E-state index is -0.331. The lowest BCUT2D eigenvalue weighted by Crippen LogP contribution is -2.08. The zero-order valence-corrected chi connectivity index (χ0v) is 22.4. The molecule has 0 saturated carbocycles. The van der Waals surface area contributed by atoms with Crippen molar-refractivity contribution in [1.82, 2.24) is 0 Å². The second kappa shape index (κ2) is 17.9. The van der Waals surface area contributed by atoms with E-state index in [2.05, 4.69) is 25.4 Å². The highest BCUT2D eigenvalue weighted by atomic mass is 16.5. The minimum Gasteiger partial charge on any atom is -0.462 e. The number of hydrogen-bond acceptors (Lipinski definition) is 5. The maximum atomic E-state index is 12.1. The minimum absolute atomic E-state index is 0.189. The van der Waals surface area contributed by atoms with Gasteiger partial charge in [-0.1, -0.05) is 64.2 Å². The van der Waals surface area contributed by atoms with Crippen molar-refractivity contribution in [3.8, 4) is 5.75 Å². The van der Waals surface area contributed by atoms with Crippen LogP contribution in [0.25, 0.3) is 6.08 Å². The number of aliphatic imine (C=N–C) groups is 1. The molecule has 1 atom stereocenters. The van der Waals surface area contributed by atoms with Gasteiger partial charge in [0.1, 0.15) is 5.75 Å². The molecule has 0 aliphatic rings. The summed E-state index contributed by atoms with van der Waals surface area (Å²) in [5, 5.41) is 0. The average Bonchev–Trinajstić information content (AvgIpc) is 2.92. The molecule has 0 radical (unpaired) electrons. The highest BCUT2D eigenvalue weighted by Crippen LogP contribution is 2.17. The Balaban J connectivity index is 1.71. The summed E-state index contributed by atoms with van der Waals surface area (Å²) in [5.41, 5.74) is 2.60. The molecule has 5 heteroatoms. The molecule has 0 heterocycles. The molecule has 5 nitrogen and oxygen atoms in total. The number of hydrogen-bond donors (Lipinski definition) is 0. The number of rotatable bonds is 17. The zero-order valence-electron chi connectivity index (χ0n) is 22.4. The van der Waals surface area contributed by atoms with E-state index in [1.165, 1.54) is 25.3 Å². The largest absolute Gasteiger partial charge is 0.462 e. The van der Waals surface area contributed by atoms with E-state index in [4.69, 9.17) is 9.47 Å². The van der Waals surface area contributed by atoms with Gasteiger partial charge in [-0.05, 0) is 78.8 Å². The highest BCUT2D eigenvalue weighted by molar-refractivity contribution is 5.87. The molecular weight excluding hydrogens is 462 g/mol. The molecule has 0 unspecified atom stereocenters. The fraction of sp³-hybridized carbons (Fsp3) is 0.406. The van der Waals surface area contributed by atoms with Crippen LogP contribution in [-0.4, -0.2) is 24.8 Å². The maximum Gasteiger partial charge on any atom is 0.330 e. The molecule has 0 aromatic heterocycles. The molecular formula is C32H41NO4. The normalized spacial score (nSPS) is 12.1. The van der Waals surface area contributed by atoms with Crippen LogP contribution in [0.4, 0.5) is 5.69 Å². The topological polar surface area (TPSA) is 65.0 Å². The van der Waals surface area contributed by atoms with Gasteiger partial charge in [-0.15, -0.1) is 6.58 Å². The molecule has 0 aliphatic heterocycles. The third kappa shape index (κ3) is 13.4. The summed E-state index contributed by atoms with van der Waals surface area (Å²) in [6, 6.07) is 14.9. The Morgan fingerprint density at radius 2 is 1.57 bits per heavy atom. The fourth-order valence-electron chi connectivity index (χ4n) is 3.44. The molecule has 0 fully saturated rings. The van der Waals surface area contributed by atoms with Crippen molar-refractivity contribution in [3.63, 3.8) is 0 Å². The molecule has 0 N–H and O–H groups in total. The van der Waals surface area contributed by atoms with Gasteiger partial charge in [-0.2, -0.15) is 0 Å². The van der Waals surface area contributed by atoms with Crippen LogP contribution in [-0.2, 0) is 14.3 Å². The predicted octanol–water partition coefficient (Wildman–Crippen LogP) is 8.25. The van der Waals surface area contributed by atoms with E-state index in [0.29, 0.717) is 24.7 Å². The van der Waals surface area contributed by atoms with Crippen molar-refractivity contribution in [3.05, 3.63) is 78.4 Å². The first-order valence-corrected chi connectivity index (χ1v) is 13.4. The van der Waals surface area contributed by atoms with Gasteiger partial charge in [-0.3, -0.25) is 9.79 Å². The summed E-state index contributed by atoms with van der Waals surface area (Å²) in [7, 11) is 0. The Bertz CT molecular complexity index is 1010. The van der Waals surface area contributed by atoms with E-state index in [1.807, 2.05) is 42.5 Å². The molecule has 2 aromatic rings. The Labute approximate surface area is 222 Å². The number of nitrogens with zero attached hydrogens (tertiary/aromatic N) is 1. The molecule has 37 heavy (non-hydrogen) atoms. The number of esters is 2. The van der Waals surface area contributed by atoms with Crippen LogP contribution in [0.5, 0.6) is 5.75 Å². The Morgan fingerprint density at radius 3 is 2.24 bits per heavy atom. The summed E-state index contributed by atoms with van der Waals surface area (Å²) in [4.78, 5) is 28.4. The standard InChI is InChI=1S/C32H41NO4/c1-4-6-7-8-9-10-11-12-13-32(35)37-30-21-16-28(17-22-30)24-33-29-19-14-27(15-20-29)18-23-31(34)36-25-26(3)5-2/h4,14-24,26H,1,5-13,25H2,2-3H3/b23-18+,33-24?/t26-/m0/s1. The van der Waals surface area contributed by atoms with Crippen LogP contribution in [0, 0.1) is 5.92 Å². The van der Waals surface area contributed by atoms with Crippen LogP contribution < -0.4 is 4.74 Å². The van der Waals surface area contributed by atoms with Gasteiger partial charge in [0.05, 0.1) is 12.3 Å². The van der Waals surface area contributed by atoms with E-state index in [1.54, 1.807) is 24.4 Å². The number of benzene rings is 2. The SMILES string of the molecule is C=CCCCCCCCCC(=O)Oc1ccc(C=Nc2ccc(/C=C/C(=O)OC[C@@H](C)CC)cc2)cc1. The summed E-state index contributed by atoms with van der Waals surface area (Å²) in [6.07, 6.45) is 16.1. The van der Waals surface area contributed by atoms with E-state index in [0.717, 1.165) is 48.9 Å². The third-order valence-electron chi connectivity index (χ3n) is 6.03. The first-order valence-electron chi connectivity index (χ1n) is 13.4. The van der Waals surface area contributed by atoms with Gasteiger partial charge in [0.2, 0.25) is 0 Å². The smallest absolute Gasteiger partial charge is 0.330 e. The summed E-state index contributed by atoms with van der Waals surface area (Å²) < 4.78 is 10.7. The number of unbranched alkanes of at least 4 members (excludes halogenated alkanes) is 6. The van der Waals surface area contributed by atoms with Gasteiger partial charge in [0.25, 0.3) is 0 Å². The maximum absolute atomic E-state index is 12.1. The number of allylic oxidation sites excluding steroid dienone is 1. The van der Waals surface area contributed by atoms with Crippen LogP contribution in [0.15, 0.2) is 72.3 Å². The fourth-order valence-corrected chi connectivity index (χ4v) is 3.44. The Hall–Kier alpha value is -3.47. The quantitative estimate of drug-likeness (QED) is 0.0544. The Kier molecular flexibility index (Phi) is 14.4. The van der Waals surface area contributed by atoms with Gasteiger partial charge >= 0.3 is 11.9 Å². The van der Waals surface area contributed by atoms with E-state index >= 15 is 0 Å². The number of carbonyl (C=O) groups is 2. The first-order chi connectivity index (χ1) is 18.0. The summed E-state index contributed by atoms with van der Waals surface area (Å²) >= 11 is 0.